The lowest BCUT2D eigenvalue weighted by atomic mass is 10.7. The molecule has 0 heterocycles. The maximum atomic E-state index is 10.7. The van der Waals surface area contributed by atoms with Crippen molar-refractivity contribution < 1.29 is 4.79 Å². The van der Waals surface area contributed by atoms with Gasteiger partial charge in [0, 0.05) is 19.8 Å². The van der Waals surface area contributed by atoms with Crippen molar-refractivity contribution in [1.29, 1.82) is 0 Å². The van der Waals surface area contributed by atoms with Crippen LogP contribution in [0.4, 0.5) is 4.79 Å². The van der Waals surface area contributed by atoms with Gasteiger partial charge < -0.3 is 10.2 Å². The Balaban J connectivity index is 3.58. The van der Waals surface area contributed by atoms with Gasteiger partial charge in [-0.25, -0.2) is 4.79 Å². The largest absolute Gasteiger partial charge is 0.338 e. The van der Waals surface area contributed by atoms with Crippen molar-refractivity contribution in [1.82, 2.24) is 10.2 Å². The standard InChI is InChI=1S/C6H12N2O/c1-4-7-6(9)8(3)5-2/h5H,2,4H2,1,3H3,(H,7,9). The Labute approximate surface area is 55.3 Å². The highest BCUT2D eigenvalue weighted by molar-refractivity contribution is 5.74. The molecule has 0 aliphatic carbocycles. The van der Waals surface area contributed by atoms with Crippen LogP contribution in [0.3, 0.4) is 0 Å². The highest BCUT2D eigenvalue weighted by Crippen LogP contribution is 1.81. The Hall–Kier alpha value is -0.990. The van der Waals surface area contributed by atoms with Crippen molar-refractivity contribution in [2.45, 2.75) is 6.92 Å². The summed E-state index contributed by atoms with van der Waals surface area (Å²) in [6.07, 6.45) is 1.46. The fraction of sp³-hybridized carbons (Fsp3) is 0.500. The average Bonchev–Trinajstić information content (AvgIpc) is 1.87. The maximum absolute atomic E-state index is 10.7. The Kier molecular flexibility index (Phi) is 3.51. The van der Waals surface area contributed by atoms with Crippen LogP contribution in [-0.4, -0.2) is 24.5 Å². The van der Waals surface area contributed by atoms with Crippen molar-refractivity contribution in [3.8, 4) is 0 Å². The van der Waals surface area contributed by atoms with Gasteiger partial charge >= 0.3 is 6.03 Å². The molecule has 9 heavy (non-hydrogen) atoms. The van der Waals surface area contributed by atoms with E-state index in [0.717, 1.165) is 0 Å². The molecule has 0 aromatic heterocycles. The van der Waals surface area contributed by atoms with Crippen LogP contribution in [-0.2, 0) is 0 Å². The van der Waals surface area contributed by atoms with Crippen molar-refractivity contribution in [3.63, 3.8) is 0 Å². The monoisotopic (exact) mass is 128 g/mol. The van der Waals surface area contributed by atoms with Crippen molar-refractivity contribution >= 4 is 6.03 Å². The van der Waals surface area contributed by atoms with Gasteiger partial charge in [-0.15, -0.1) is 0 Å². The van der Waals surface area contributed by atoms with Crippen LogP contribution in [0.1, 0.15) is 6.92 Å². The number of nitrogens with one attached hydrogen (secondary N) is 1. The number of urea groups is 1. The molecule has 0 unspecified atom stereocenters. The Morgan fingerprint density at radius 3 is 2.78 bits per heavy atom. The molecule has 0 saturated carbocycles. The molecule has 3 heteroatoms. The smallest absolute Gasteiger partial charge is 0.321 e. The van der Waals surface area contributed by atoms with E-state index in [1.165, 1.54) is 11.1 Å². The second-order valence-corrected chi connectivity index (χ2v) is 1.63. The van der Waals surface area contributed by atoms with Crippen molar-refractivity contribution in [3.05, 3.63) is 12.8 Å². The summed E-state index contributed by atoms with van der Waals surface area (Å²) in [7, 11) is 1.65. The Morgan fingerprint density at radius 2 is 2.44 bits per heavy atom. The zero-order chi connectivity index (χ0) is 7.28. The molecule has 0 bridgehead atoms. The molecule has 0 radical (unpaired) electrons. The Morgan fingerprint density at radius 1 is 1.89 bits per heavy atom. The van der Waals surface area contributed by atoms with Gasteiger partial charge in [0.15, 0.2) is 0 Å². The van der Waals surface area contributed by atoms with E-state index in [1.54, 1.807) is 7.05 Å². The Bertz CT molecular complexity index is 112. The van der Waals surface area contributed by atoms with Crippen molar-refractivity contribution in [2.75, 3.05) is 13.6 Å². The summed E-state index contributed by atoms with van der Waals surface area (Å²) >= 11 is 0. The normalized spacial score (nSPS) is 8.22. The number of amides is 2. The number of carbonyl (C=O) groups excluding carboxylic acids is 1. The molecular formula is C6H12N2O. The van der Waals surface area contributed by atoms with Crippen LogP contribution < -0.4 is 5.32 Å². The first-order valence-corrected chi connectivity index (χ1v) is 2.85. The van der Waals surface area contributed by atoms with E-state index in [9.17, 15) is 4.79 Å². The van der Waals surface area contributed by atoms with Crippen LogP contribution >= 0.6 is 0 Å². The molecule has 0 aliphatic rings. The number of carbonyl (C=O) groups is 1. The van der Waals surface area contributed by atoms with Crippen molar-refractivity contribution in [2.24, 2.45) is 0 Å². The molecule has 3 nitrogen and oxygen atoms in total. The SMILES string of the molecule is C=CN(C)C(=O)NCC. The molecule has 2 amide bonds. The molecule has 0 spiro atoms. The molecule has 0 aromatic carbocycles. The predicted molar refractivity (Wildman–Crippen MR) is 37.0 cm³/mol. The summed E-state index contributed by atoms with van der Waals surface area (Å²) in [4.78, 5) is 12.1. The molecule has 52 valence electrons. The van der Waals surface area contributed by atoms with E-state index >= 15 is 0 Å². The number of hydrogen-bond acceptors (Lipinski definition) is 1. The van der Waals surface area contributed by atoms with Gasteiger partial charge in [-0.05, 0) is 6.92 Å². The topological polar surface area (TPSA) is 32.3 Å². The molecule has 0 saturated heterocycles. The lowest BCUT2D eigenvalue weighted by molar-refractivity contribution is 0.223. The third kappa shape index (κ3) is 2.74. The van der Waals surface area contributed by atoms with Crippen LogP contribution in [0.5, 0.6) is 0 Å². The van der Waals surface area contributed by atoms with E-state index in [1.807, 2.05) is 6.92 Å². The third-order valence-electron chi connectivity index (χ3n) is 0.922. The second-order valence-electron chi connectivity index (χ2n) is 1.63. The van der Waals surface area contributed by atoms with Gasteiger partial charge in [0.05, 0.1) is 0 Å². The van der Waals surface area contributed by atoms with Crippen LogP contribution in [0.15, 0.2) is 12.8 Å². The lowest BCUT2D eigenvalue weighted by Gasteiger charge is -2.10. The molecule has 0 atom stereocenters. The number of rotatable bonds is 2. The van der Waals surface area contributed by atoms with Gasteiger partial charge in [0.1, 0.15) is 0 Å². The summed E-state index contributed by atoms with van der Waals surface area (Å²) in [6.45, 7) is 5.95. The average molecular weight is 128 g/mol. The maximum Gasteiger partial charge on any atom is 0.321 e. The molecule has 0 fully saturated rings. The van der Waals surface area contributed by atoms with E-state index in [0.29, 0.717) is 6.54 Å². The summed E-state index contributed by atoms with van der Waals surface area (Å²) in [5.41, 5.74) is 0. The summed E-state index contributed by atoms with van der Waals surface area (Å²) < 4.78 is 0. The second kappa shape index (κ2) is 3.95. The van der Waals surface area contributed by atoms with E-state index < -0.39 is 0 Å². The quantitative estimate of drug-likeness (QED) is 0.586. The molecule has 0 aliphatic heterocycles. The van der Waals surface area contributed by atoms with Gasteiger partial charge in [0.2, 0.25) is 0 Å². The number of hydrogen-bond donors (Lipinski definition) is 1. The first kappa shape index (κ1) is 8.01. The summed E-state index contributed by atoms with van der Waals surface area (Å²) in [5, 5.41) is 2.61. The minimum Gasteiger partial charge on any atom is -0.338 e. The highest BCUT2D eigenvalue weighted by Gasteiger charge is 1.99. The highest BCUT2D eigenvalue weighted by atomic mass is 16.2. The summed E-state index contributed by atoms with van der Waals surface area (Å²) in [6, 6.07) is -0.118. The van der Waals surface area contributed by atoms with E-state index in [4.69, 9.17) is 0 Å². The lowest BCUT2D eigenvalue weighted by Crippen LogP contribution is -2.33. The van der Waals surface area contributed by atoms with Gasteiger partial charge in [-0.1, -0.05) is 6.58 Å². The fourth-order valence-electron chi connectivity index (χ4n) is 0.359. The molecule has 0 rings (SSSR count). The fourth-order valence-corrected chi connectivity index (χ4v) is 0.359. The zero-order valence-corrected chi connectivity index (χ0v) is 5.85. The van der Waals surface area contributed by atoms with Gasteiger partial charge in [-0.3, -0.25) is 0 Å². The molecule has 0 aromatic rings. The van der Waals surface area contributed by atoms with Gasteiger partial charge in [0.25, 0.3) is 0 Å². The minimum absolute atomic E-state index is 0.118. The van der Waals surface area contributed by atoms with Crippen LogP contribution in [0.25, 0.3) is 0 Å². The number of nitrogens with zero attached hydrogens (tertiary/aromatic N) is 1. The predicted octanol–water partition coefficient (Wildman–Crippen LogP) is 0.791. The van der Waals surface area contributed by atoms with Crippen LogP contribution in [0.2, 0.25) is 0 Å². The molecule has 1 N–H and O–H groups in total. The van der Waals surface area contributed by atoms with Gasteiger partial charge in [-0.2, -0.15) is 0 Å². The first-order valence-electron chi connectivity index (χ1n) is 2.85. The zero-order valence-electron chi connectivity index (χ0n) is 5.85. The minimum atomic E-state index is -0.118. The molecular weight excluding hydrogens is 116 g/mol. The summed E-state index contributed by atoms with van der Waals surface area (Å²) in [5.74, 6) is 0. The van der Waals surface area contributed by atoms with E-state index in [-0.39, 0.29) is 6.03 Å². The van der Waals surface area contributed by atoms with E-state index in [2.05, 4.69) is 11.9 Å². The third-order valence-corrected chi connectivity index (χ3v) is 0.922. The van der Waals surface area contributed by atoms with Crippen LogP contribution in [0, 0.1) is 0 Å². The first-order chi connectivity index (χ1) is 4.22.